The molecule has 0 aliphatic rings. The van der Waals surface area contributed by atoms with Crippen molar-refractivity contribution in [2.75, 3.05) is 6.54 Å². The Labute approximate surface area is 127 Å². The Hall–Kier alpha value is -1.89. The van der Waals surface area contributed by atoms with Crippen molar-refractivity contribution in [3.63, 3.8) is 0 Å². The highest BCUT2D eigenvalue weighted by molar-refractivity contribution is 7.12. The molecule has 1 heterocycles. The topological polar surface area (TPSA) is 95.5 Å². The van der Waals surface area contributed by atoms with Crippen LogP contribution < -0.4 is 10.6 Å². The number of nitrogens with one attached hydrogen (secondary N) is 2. The van der Waals surface area contributed by atoms with Gasteiger partial charge in [-0.1, -0.05) is 19.9 Å². The van der Waals surface area contributed by atoms with Gasteiger partial charge in [0.1, 0.15) is 0 Å². The van der Waals surface area contributed by atoms with Crippen LogP contribution in [0.15, 0.2) is 17.5 Å². The summed E-state index contributed by atoms with van der Waals surface area (Å²) in [4.78, 5) is 35.0. The smallest absolute Gasteiger partial charge is 0.305 e. The predicted molar refractivity (Wildman–Crippen MR) is 80.3 cm³/mol. The summed E-state index contributed by atoms with van der Waals surface area (Å²) in [6, 6.07) is 3.42. The van der Waals surface area contributed by atoms with Crippen molar-refractivity contribution in [1.82, 2.24) is 10.6 Å². The molecule has 1 aromatic rings. The minimum Gasteiger partial charge on any atom is -0.481 e. The van der Waals surface area contributed by atoms with Gasteiger partial charge in [-0.25, -0.2) is 0 Å². The van der Waals surface area contributed by atoms with E-state index in [1.807, 2.05) is 13.8 Å². The maximum Gasteiger partial charge on any atom is 0.305 e. The molecule has 0 aliphatic heterocycles. The fraction of sp³-hybridized carbons (Fsp3) is 0.500. The fourth-order valence-electron chi connectivity index (χ4n) is 1.72. The lowest BCUT2D eigenvalue weighted by Gasteiger charge is -2.33. The molecule has 0 aliphatic carbocycles. The molecule has 3 N–H and O–H groups in total. The van der Waals surface area contributed by atoms with Crippen LogP contribution in [0, 0.1) is 5.92 Å². The van der Waals surface area contributed by atoms with E-state index in [9.17, 15) is 14.4 Å². The molecule has 0 spiro atoms. The summed E-state index contributed by atoms with van der Waals surface area (Å²) in [7, 11) is 0. The maximum atomic E-state index is 11.9. The normalized spacial score (nSPS) is 13.5. The van der Waals surface area contributed by atoms with Gasteiger partial charge in [-0.05, 0) is 24.3 Å². The minimum atomic E-state index is -0.978. The molecule has 1 unspecified atom stereocenters. The Morgan fingerprint density at radius 1 is 1.38 bits per heavy atom. The van der Waals surface area contributed by atoms with Gasteiger partial charge in [0.15, 0.2) is 0 Å². The van der Waals surface area contributed by atoms with Gasteiger partial charge in [0.2, 0.25) is 5.91 Å². The third-order valence-electron chi connectivity index (χ3n) is 3.37. The average molecular weight is 312 g/mol. The van der Waals surface area contributed by atoms with Crippen LogP contribution in [-0.4, -0.2) is 35.0 Å². The molecule has 21 heavy (non-hydrogen) atoms. The molecule has 1 aromatic heterocycles. The highest BCUT2D eigenvalue weighted by Crippen LogP contribution is 2.20. The van der Waals surface area contributed by atoms with Gasteiger partial charge in [0.25, 0.3) is 5.91 Å². The number of carbonyl (C=O) groups excluding carboxylic acids is 2. The largest absolute Gasteiger partial charge is 0.481 e. The van der Waals surface area contributed by atoms with Crippen LogP contribution in [0.25, 0.3) is 0 Å². The van der Waals surface area contributed by atoms with Crippen molar-refractivity contribution in [1.29, 1.82) is 0 Å². The first-order valence-corrected chi connectivity index (χ1v) is 7.47. The Morgan fingerprint density at radius 2 is 2.05 bits per heavy atom. The Bertz CT molecular complexity index is 513. The van der Waals surface area contributed by atoms with Gasteiger partial charge >= 0.3 is 5.97 Å². The number of rotatable bonds is 7. The standard InChI is InChI=1S/C14H20N2O4S/c1-9(2)14(3,7-12(18)19)16-11(17)8-15-13(20)10-5-4-6-21-10/h4-6,9H,7-8H2,1-3H3,(H,15,20)(H,16,17)(H,18,19). The van der Waals surface area contributed by atoms with Crippen molar-refractivity contribution in [3.05, 3.63) is 22.4 Å². The Kier molecular flexibility index (Phi) is 5.90. The first-order chi connectivity index (χ1) is 9.74. The van der Waals surface area contributed by atoms with E-state index in [0.717, 1.165) is 0 Å². The zero-order chi connectivity index (χ0) is 16.0. The van der Waals surface area contributed by atoms with Crippen LogP contribution >= 0.6 is 11.3 Å². The number of hydrogen-bond donors (Lipinski definition) is 3. The molecule has 0 aromatic carbocycles. The van der Waals surface area contributed by atoms with Gasteiger partial charge < -0.3 is 15.7 Å². The number of hydrogen-bond acceptors (Lipinski definition) is 4. The zero-order valence-electron chi connectivity index (χ0n) is 12.3. The number of aliphatic carboxylic acids is 1. The van der Waals surface area contributed by atoms with Gasteiger partial charge in [0, 0.05) is 0 Å². The summed E-state index contributed by atoms with van der Waals surface area (Å²) in [5, 5.41) is 15.9. The third-order valence-corrected chi connectivity index (χ3v) is 4.24. The number of thiophene rings is 1. The molecule has 1 atom stereocenters. The average Bonchev–Trinajstić information content (AvgIpc) is 2.88. The predicted octanol–water partition coefficient (Wildman–Crippen LogP) is 1.48. The van der Waals surface area contributed by atoms with Crippen molar-refractivity contribution in [2.24, 2.45) is 5.92 Å². The zero-order valence-corrected chi connectivity index (χ0v) is 13.1. The van der Waals surface area contributed by atoms with Crippen LogP contribution in [0.5, 0.6) is 0 Å². The first-order valence-electron chi connectivity index (χ1n) is 6.59. The second-order valence-corrected chi connectivity index (χ2v) is 6.30. The number of carboxylic acids is 1. The summed E-state index contributed by atoms with van der Waals surface area (Å²) < 4.78 is 0. The lowest BCUT2D eigenvalue weighted by atomic mass is 9.85. The van der Waals surface area contributed by atoms with Crippen molar-refractivity contribution < 1.29 is 19.5 Å². The molecule has 1 rings (SSSR count). The van der Waals surface area contributed by atoms with Crippen LogP contribution in [0.3, 0.4) is 0 Å². The number of carbonyl (C=O) groups is 3. The summed E-state index contributed by atoms with van der Waals surface area (Å²) in [6.07, 6.45) is -0.171. The highest BCUT2D eigenvalue weighted by Gasteiger charge is 2.32. The molecule has 6 nitrogen and oxygen atoms in total. The summed E-state index contributed by atoms with van der Waals surface area (Å²) >= 11 is 1.29. The van der Waals surface area contributed by atoms with Crippen LogP contribution in [0.1, 0.15) is 36.9 Å². The number of amides is 2. The Balaban J connectivity index is 2.55. The SMILES string of the molecule is CC(C)C(C)(CC(=O)O)NC(=O)CNC(=O)c1cccs1. The van der Waals surface area contributed by atoms with Gasteiger partial charge in [-0.15, -0.1) is 11.3 Å². The van der Waals surface area contributed by atoms with Gasteiger partial charge in [-0.3, -0.25) is 14.4 Å². The summed E-state index contributed by atoms with van der Waals surface area (Å²) in [6.45, 7) is 5.18. The molecule has 2 amide bonds. The van der Waals surface area contributed by atoms with Gasteiger partial charge in [-0.2, -0.15) is 0 Å². The van der Waals surface area contributed by atoms with E-state index in [-0.39, 0.29) is 24.8 Å². The second-order valence-electron chi connectivity index (χ2n) is 5.35. The minimum absolute atomic E-state index is 0.0504. The van der Waals surface area contributed by atoms with E-state index in [0.29, 0.717) is 4.88 Å². The summed E-state index contributed by atoms with van der Waals surface area (Å²) in [5.74, 6) is -1.75. The van der Waals surface area contributed by atoms with Crippen molar-refractivity contribution >= 4 is 29.1 Å². The van der Waals surface area contributed by atoms with Crippen molar-refractivity contribution in [3.8, 4) is 0 Å². The lowest BCUT2D eigenvalue weighted by Crippen LogP contribution is -2.53. The van der Waals surface area contributed by atoms with E-state index in [1.165, 1.54) is 11.3 Å². The first kappa shape index (κ1) is 17.2. The maximum absolute atomic E-state index is 11.9. The van der Waals surface area contributed by atoms with E-state index < -0.39 is 17.4 Å². The highest BCUT2D eigenvalue weighted by atomic mass is 32.1. The van der Waals surface area contributed by atoms with E-state index >= 15 is 0 Å². The van der Waals surface area contributed by atoms with Crippen LogP contribution in [0.4, 0.5) is 0 Å². The van der Waals surface area contributed by atoms with E-state index in [4.69, 9.17) is 5.11 Å². The molecule has 0 bridgehead atoms. The Morgan fingerprint density at radius 3 is 2.52 bits per heavy atom. The van der Waals surface area contributed by atoms with E-state index in [1.54, 1.807) is 24.4 Å². The molecule has 0 saturated carbocycles. The second kappa shape index (κ2) is 7.21. The van der Waals surface area contributed by atoms with Gasteiger partial charge in [0.05, 0.1) is 23.4 Å². The van der Waals surface area contributed by atoms with Crippen molar-refractivity contribution in [2.45, 2.75) is 32.7 Å². The molecular formula is C14H20N2O4S. The molecule has 0 saturated heterocycles. The monoisotopic (exact) mass is 312 g/mol. The summed E-state index contributed by atoms with van der Waals surface area (Å²) in [5.41, 5.74) is -0.851. The third kappa shape index (κ3) is 5.18. The van der Waals surface area contributed by atoms with Crippen LogP contribution in [0.2, 0.25) is 0 Å². The fourth-order valence-corrected chi connectivity index (χ4v) is 2.37. The quantitative estimate of drug-likeness (QED) is 0.710. The lowest BCUT2D eigenvalue weighted by molar-refractivity contribution is -0.139. The molecule has 116 valence electrons. The number of carboxylic acid groups (broad SMARTS) is 1. The van der Waals surface area contributed by atoms with Crippen LogP contribution in [-0.2, 0) is 9.59 Å². The molecular weight excluding hydrogens is 292 g/mol. The molecule has 0 fully saturated rings. The molecule has 7 heteroatoms. The molecule has 0 radical (unpaired) electrons. The van der Waals surface area contributed by atoms with E-state index in [2.05, 4.69) is 10.6 Å².